The first-order chi connectivity index (χ1) is 12.5. The van der Waals surface area contributed by atoms with Crippen LogP contribution >= 0.6 is 0 Å². The van der Waals surface area contributed by atoms with E-state index in [-0.39, 0.29) is 24.1 Å². The molecule has 2 bridgehead atoms. The number of aromatic nitrogens is 2. The second-order valence-electron chi connectivity index (χ2n) is 7.05. The van der Waals surface area contributed by atoms with E-state index < -0.39 is 5.95 Å². The molecular formula is C19H21FN4O2. The quantitative estimate of drug-likeness (QED) is 0.788. The molecule has 3 saturated heterocycles. The number of carbonyl (C=O) groups excluding carboxylic acids is 1. The Labute approximate surface area is 151 Å². The van der Waals surface area contributed by atoms with E-state index in [1.165, 1.54) is 12.3 Å². The molecule has 2 unspecified atom stereocenters. The van der Waals surface area contributed by atoms with Crippen LogP contribution in [0, 0.1) is 5.95 Å². The average Bonchev–Trinajstić information content (AvgIpc) is 2.62. The highest BCUT2D eigenvalue weighted by atomic mass is 19.1. The van der Waals surface area contributed by atoms with Crippen LogP contribution in [0.2, 0.25) is 0 Å². The highest BCUT2D eigenvalue weighted by Gasteiger charge is 2.47. The number of hydrogen-bond donors (Lipinski definition) is 0. The average molecular weight is 356 g/mol. The lowest BCUT2D eigenvalue weighted by atomic mass is 9.86. The van der Waals surface area contributed by atoms with Gasteiger partial charge in [0.1, 0.15) is 0 Å². The summed E-state index contributed by atoms with van der Waals surface area (Å²) in [6.45, 7) is 5.27. The normalized spacial score (nSPS) is 21.5. The Kier molecular flexibility index (Phi) is 4.22. The molecular weight excluding hydrogens is 335 g/mol. The van der Waals surface area contributed by atoms with Crippen LogP contribution < -0.4 is 9.64 Å². The molecule has 0 aromatic carbocycles. The molecule has 2 aromatic rings. The maximum Gasteiger partial charge on any atom is 0.256 e. The van der Waals surface area contributed by atoms with Gasteiger partial charge in [-0.15, -0.1) is 0 Å². The molecule has 2 atom stereocenters. The Morgan fingerprint density at radius 3 is 2.62 bits per heavy atom. The van der Waals surface area contributed by atoms with Crippen molar-refractivity contribution in [1.82, 2.24) is 14.9 Å². The zero-order valence-electron chi connectivity index (χ0n) is 14.8. The van der Waals surface area contributed by atoms with Gasteiger partial charge in [-0.05, 0) is 32.4 Å². The highest BCUT2D eigenvalue weighted by molar-refractivity contribution is 5.95. The van der Waals surface area contributed by atoms with Gasteiger partial charge in [-0.3, -0.25) is 4.79 Å². The van der Waals surface area contributed by atoms with Gasteiger partial charge in [0.2, 0.25) is 11.8 Å². The summed E-state index contributed by atoms with van der Waals surface area (Å²) in [6, 6.07) is 7.02. The third kappa shape index (κ3) is 3.09. The summed E-state index contributed by atoms with van der Waals surface area (Å²) in [7, 11) is 0. The van der Waals surface area contributed by atoms with Crippen molar-refractivity contribution in [2.75, 3.05) is 18.0 Å². The predicted molar refractivity (Wildman–Crippen MR) is 94.8 cm³/mol. The number of anilines is 1. The van der Waals surface area contributed by atoms with Crippen LogP contribution in [-0.2, 0) is 0 Å². The van der Waals surface area contributed by atoms with Gasteiger partial charge in [0.05, 0.1) is 23.8 Å². The zero-order valence-corrected chi connectivity index (χ0v) is 14.8. The van der Waals surface area contributed by atoms with Crippen molar-refractivity contribution in [1.29, 1.82) is 0 Å². The summed E-state index contributed by atoms with van der Waals surface area (Å²) in [5.41, 5.74) is 1.38. The van der Waals surface area contributed by atoms with Gasteiger partial charge in [0.15, 0.2) is 0 Å². The van der Waals surface area contributed by atoms with Crippen LogP contribution in [0.3, 0.4) is 0 Å². The van der Waals surface area contributed by atoms with E-state index >= 15 is 0 Å². The van der Waals surface area contributed by atoms with E-state index in [2.05, 4.69) is 14.9 Å². The third-order valence-corrected chi connectivity index (χ3v) is 4.84. The zero-order chi connectivity index (χ0) is 18.3. The van der Waals surface area contributed by atoms with E-state index in [1.54, 1.807) is 24.4 Å². The molecule has 7 heteroatoms. The van der Waals surface area contributed by atoms with Crippen molar-refractivity contribution >= 4 is 11.6 Å². The van der Waals surface area contributed by atoms with Gasteiger partial charge in [0.25, 0.3) is 5.91 Å². The Bertz CT molecular complexity index is 799. The van der Waals surface area contributed by atoms with Crippen LogP contribution in [0.25, 0.3) is 0 Å². The molecule has 3 aliphatic rings. The minimum absolute atomic E-state index is 0.00425. The van der Waals surface area contributed by atoms with Gasteiger partial charge in [-0.1, -0.05) is 0 Å². The molecule has 1 amide bonds. The number of carbonyl (C=O) groups is 1. The maximum atomic E-state index is 13.3. The van der Waals surface area contributed by atoms with E-state index in [0.717, 1.165) is 12.1 Å². The highest BCUT2D eigenvalue weighted by Crippen LogP contribution is 2.35. The van der Waals surface area contributed by atoms with Gasteiger partial charge in [-0.25, -0.2) is 9.97 Å². The van der Waals surface area contributed by atoms with Crippen molar-refractivity contribution in [2.45, 2.75) is 38.5 Å². The van der Waals surface area contributed by atoms with Crippen molar-refractivity contribution in [3.05, 3.63) is 48.2 Å². The molecule has 0 saturated carbocycles. The molecule has 3 aliphatic heterocycles. The fraction of sp³-hybridized carbons (Fsp3) is 0.421. The number of piperazine rings is 1. The van der Waals surface area contributed by atoms with Gasteiger partial charge in [-0.2, -0.15) is 4.39 Å². The summed E-state index contributed by atoms with van der Waals surface area (Å²) in [4.78, 5) is 24.7. The largest absolute Gasteiger partial charge is 0.475 e. The molecule has 26 heavy (non-hydrogen) atoms. The second-order valence-corrected chi connectivity index (χ2v) is 7.05. The van der Waals surface area contributed by atoms with Crippen LogP contribution in [0.5, 0.6) is 5.88 Å². The Balaban J connectivity index is 1.43. The number of nitrogens with zero attached hydrogens (tertiary/aromatic N) is 4. The van der Waals surface area contributed by atoms with E-state index in [0.29, 0.717) is 24.5 Å². The predicted octanol–water partition coefficient (Wildman–Crippen LogP) is 2.51. The molecule has 0 N–H and O–H groups in total. The molecule has 5 rings (SSSR count). The first kappa shape index (κ1) is 16.8. The molecule has 0 radical (unpaired) electrons. The molecule has 0 spiro atoms. The third-order valence-electron chi connectivity index (χ3n) is 4.84. The number of rotatable bonds is 4. The van der Waals surface area contributed by atoms with Gasteiger partial charge in [0, 0.05) is 43.3 Å². The molecule has 136 valence electrons. The Hall–Kier alpha value is -2.70. The number of fused-ring (bicyclic) bond motifs is 2. The van der Waals surface area contributed by atoms with E-state index in [4.69, 9.17) is 4.74 Å². The van der Waals surface area contributed by atoms with E-state index in [9.17, 15) is 9.18 Å². The van der Waals surface area contributed by atoms with Crippen LogP contribution in [0.1, 0.15) is 30.6 Å². The van der Waals surface area contributed by atoms with Gasteiger partial charge < -0.3 is 14.5 Å². The first-order valence-electron chi connectivity index (χ1n) is 8.83. The standard InChI is InChI=1S/C19H21FN4O2/c1-12(2)26-18-4-3-13(9-22-18)19(25)24-15-7-16(24)11-23(10-15)14-5-6-21-17(20)8-14/h3-6,8-9,12,15-16H,7,10-11H2,1-2H3. The lowest BCUT2D eigenvalue weighted by Crippen LogP contribution is -2.70. The number of pyridine rings is 2. The molecule has 2 aromatic heterocycles. The number of piperidine rings is 1. The molecule has 6 nitrogen and oxygen atoms in total. The summed E-state index contributed by atoms with van der Waals surface area (Å²) >= 11 is 0. The summed E-state index contributed by atoms with van der Waals surface area (Å²) in [5, 5.41) is 0. The van der Waals surface area contributed by atoms with Crippen LogP contribution in [0.15, 0.2) is 36.7 Å². The lowest BCUT2D eigenvalue weighted by molar-refractivity contribution is 0.00587. The molecule has 5 heterocycles. The van der Waals surface area contributed by atoms with Crippen molar-refractivity contribution in [3.63, 3.8) is 0 Å². The van der Waals surface area contributed by atoms with Crippen molar-refractivity contribution in [2.24, 2.45) is 0 Å². The first-order valence-corrected chi connectivity index (χ1v) is 8.83. The minimum Gasteiger partial charge on any atom is -0.475 e. The van der Waals surface area contributed by atoms with Crippen LogP contribution in [0.4, 0.5) is 10.1 Å². The van der Waals surface area contributed by atoms with E-state index in [1.807, 2.05) is 18.7 Å². The summed E-state index contributed by atoms with van der Waals surface area (Å²) < 4.78 is 18.9. The lowest BCUT2D eigenvalue weighted by Gasteiger charge is -2.56. The number of hydrogen-bond acceptors (Lipinski definition) is 5. The Morgan fingerprint density at radius 2 is 2.00 bits per heavy atom. The smallest absolute Gasteiger partial charge is 0.256 e. The Morgan fingerprint density at radius 1 is 1.23 bits per heavy atom. The monoisotopic (exact) mass is 356 g/mol. The topological polar surface area (TPSA) is 58.6 Å². The summed E-state index contributed by atoms with van der Waals surface area (Å²) in [6.07, 6.45) is 4.07. The number of halogens is 1. The number of amides is 1. The number of ether oxygens (including phenoxy) is 1. The van der Waals surface area contributed by atoms with Gasteiger partial charge >= 0.3 is 0 Å². The fourth-order valence-corrected chi connectivity index (χ4v) is 3.71. The maximum absolute atomic E-state index is 13.3. The fourth-order valence-electron chi connectivity index (χ4n) is 3.71. The van der Waals surface area contributed by atoms with Crippen molar-refractivity contribution < 1.29 is 13.9 Å². The van der Waals surface area contributed by atoms with Crippen molar-refractivity contribution in [3.8, 4) is 5.88 Å². The van der Waals surface area contributed by atoms with Crippen LogP contribution in [-0.4, -0.2) is 52.1 Å². The second kappa shape index (κ2) is 6.55. The SMILES string of the molecule is CC(C)Oc1ccc(C(=O)N2C3CC2CN(c2ccnc(F)c2)C3)cn1. The molecule has 3 fully saturated rings. The summed E-state index contributed by atoms with van der Waals surface area (Å²) in [5.74, 6) is 0.0334. The minimum atomic E-state index is -0.482. The molecule has 0 aliphatic carbocycles.